The van der Waals surface area contributed by atoms with Crippen molar-refractivity contribution in [2.75, 3.05) is 13.2 Å². The van der Waals surface area contributed by atoms with Crippen LogP contribution in [0.3, 0.4) is 0 Å². The second-order valence-corrected chi connectivity index (χ2v) is 18.4. The summed E-state index contributed by atoms with van der Waals surface area (Å²) >= 11 is 27.7. The molecular weight excluding hydrogens is 998 g/mol. The normalized spacial score (nSPS) is 14.4. The first kappa shape index (κ1) is 52.3. The van der Waals surface area contributed by atoms with Gasteiger partial charge in [0, 0.05) is 106 Å². The van der Waals surface area contributed by atoms with Gasteiger partial charge in [-0.2, -0.15) is 5.26 Å². The van der Waals surface area contributed by atoms with E-state index in [2.05, 4.69) is 25.6 Å². The number of aliphatic hydroxyl groups excluding tert-OH is 2. The molecule has 16 nitrogen and oxygen atoms in total. The first-order chi connectivity index (χ1) is 34.0. The number of aliphatic imine (C=N–C) groups is 1. The molecule has 0 aliphatic carbocycles. The Labute approximate surface area is 428 Å². The standard InChI is InChI=1S/C51H46Cl4N6O10/c1-50(27-62,48(64)65)60-20-35-11-39(52)44(13-42(35)68-23-30-9-29(15-56)16-57-17-30)70-25-32-5-3-7-37(46(32)54)38-8-4-6-33(47(38)55)26-71-45-14-43(69-24-31-10-34(19-58-18-31)41-22-59-41)36(12-40(45)53)21-61-51(2,28-63)49(66)67/h3-14,16-19,22,41,60-63H,20-21,23-28H2,1-2H3,(H,64,65)(H,66,67). The topological polar surface area (TPSA) is 238 Å². The molecular formula is C51H46Cl4N6O10. The zero-order valence-corrected chi connectivity index (χ0v) is 41.1. The van der Waals surface area contributed by atoms with Crippen LogP contribution in [0.25, 0.3) is 11.1 Å². The maximum atomic E-state index is 11.9. The van der Waals surface area contributed by atoms with E-state index in [4.69, 9.17) is 65.4 Å². The van der Waals surface area contributed by atoms with Gasteiger partial charge in [-0.25, -0.2) is 0 Å². The molecule has 0 saturated heterocycles. The van der Waals surface area contributed by atoms with Gasteiger partial charge in [-0.15, -0.1) is 0 Å². The Kier molecular flexibility index (Phi) is 17.0. The minimum absolute atomic E-state index is 0.00333. The molecule has 0 saturated carbocycles. The largest absolute Gasteiger partial charge is 0.488 e. The summed E-state index contributed by atoms with van der Waals surface area (Å²) in [6, 6.07) is 22.8. The molecule has 0 spiro atoms. The Hall–Kier alpha value is -6.52. The second-order valence-electron chi connectivity index (χ2n) is 16.9. The van der Waals surface area contributed by atoms with Crippen molar-refractivity contribution in [1.29, 1.82) is 5.26 Å². The van der Waals surface area contributed by atoms with E-state index < -0.39 is 36.2 Å². The molecule has 3 atom stereocenters. The van der Waals surface area contributed by atoms with Gasteiger partial charge in [-0.1, -0.05) is 82.8 Å². The van der Waals surface area contributed by atoms with E-state index in [-0.39, 0.29) is 72.9 Å². The van der Waals surface area contributed by atoms with Crippen LogP contribution in [0.15, 0.2) is 103 Å². The van der Waals surface area contributed by atoms with Crippen molar-refractivity contribution >= 4 is 64.6 Å². The summed E-state index contributed by atoms with van der Waals surface area (Å²) in [6.07, 6.45) is 8.21. The molecule has 0 radical (unpaired) electrons. The van der Waals surface area contributed by atoms with E-state index >= 15 is 0 Å². The lowest BCUT2D eigenvalue weighted by atomic mass is 10.0. The van der Waals surface area contributed by atoms with Crippen LogP contribution in [-0.4, -0.2) is 72.8 Å². The molecule has 1 aliphatic heterocycles. The molecule has 7 rings (SSSR count). The van der Waals surface area contributed by atoms with Gasteiger partial charge >= 0.3 is 11.9 Å². The minimum Gasteiger partial charge on any atom is -0.488 e. The van der Waals surface area contributed by atoms with Crippen molar-refractivity contribution in [3.8, 4) is 40.2 Å². The smallest absolute Gasteiger partial charge is 0.326 e. The maximum absolute atomic E-state index is 11.9. The molecule has 1 aliphatic rings. The lowest BCUT2D eigenvalue weighted by molar-refractivity contribution is -0.146. The van der Waals surface area contributed by atoms with E-state index in [0.29, 0.717) is 60.3 Å². The quantitative estimate of drug-likeness (QED) is 0.0332. The monoisotopic (exact) mass is 1040 g/mol. The average molecular weight is 1040 g/mol. The molecule has 3 heterocycles. The third-order valence-corrected chi connectivity index (χ3v) is 13.0. The number of ether oxygens (including phenoxy) is 4. The molecule has 2 aromatic heterocycles. The fourth-order valence-corrected chi connectivity index (χ4v) is 7.97. The third-order valence-electron chi connectivity index (χ3n) is 11.5. The van der Waals surface area contributed by atoms with E-state index in [0.717, 1.165) is 11.1 Å². The lowest BCUT2D eigenvalue weighted by Gasteiger charge is -2.25. The van der Waals surface area contributed by atoms with Gasteiger partial charge in [0.05, 0.1) is 38.9 Å². The molecule has 71 heavy (non-hydrogen) atoms. The first-order valence-corrected chi connectivity index (χ1v) is 23.3. The Morgan fingerprint density at radius 2 is 1.08 bits per heavy atom. The Morgan fingerprint density at radius 1 is 0.634 bits per heavy atom. The van der Waals surface area contributed by atoms with Gasteiger partial charge in [0.25, 0.3) is 0 Å². The number of nitrogens with zero attached hydrogens (tertiary/aromatic N) is 4. The number of benzene rings is 4. The number of carboxylic acid groups (broad SMARTS) is 2. The molecule has 4 aromatic carbocycles. The predicted octanol–water partition coefficient (Wildman–Crippen LogP) is 8.92. The Morgan fingerprint density at radius 3 is 1.52 bits per heavy atom. The summed E-state index contributed by atoms with van der Waals surface area (Å²) in [5, 5.41) is 55.3. The van der Waals surface area contributed by atoms with E-state index in [1.807, 2.05) is 36.5 Å². The summed E-state index contributed by atoms with van der Waals surface area (Å²) in [4.78, 5) is 36.5. The fourth-order valence-electron chi connectivity index (χ4n) is 6.92. The summed E-state index contributed by atoms with van der Waals surface area (Å²) in [6.45, 7) is 1.36. The predicted molar refractivity (Wildman–Crippen MR) is 266 cm³/mol. The summed E-state index contributed by atoms with van der Waals surface area (Å²) in [5.41, 5.74) is 2.73. The van der Waals surface area contributed by atoms with E-state index in [9.17, 15) is 35.3 Å². The highest BCUT2D eigenvalue weighted by Crippen LogP contribution is 2.40. The first-order valence-electron chi connectivity index (χ1n) is 21.8. The van der Waals surface area contributed by atoms with Gasteiger partial charge in [-0.3, -0.25) is 35.2 Å². The number of aliphatic hydroxyl groups is 2. The number of nitriles is 1. The van der Waals surface area contributed by atoms with Gasteiger partial charge in [0.1, 0.15) is 72.6 Å². The third kappa shape index (κ3) is 12.9. The fraction of sp³-hybridized carbons (Fsp3) is 0.255. The average Bonchev–Trinajstić information content (AvgIpc) is 4.23. The Balaban J connectivity index is 1.09. The molecule has 20 heteroatoms. The van der Waals surface area contributed by atoms with Crippen molar-refractivity contribution in [3.05, 3.63) is 162 Å². The van der Waals surface area contributed by atoms with Crippen LogP contribution in [0.2, 0.25) is 20.1 Å². The van der Waals surface area contributed by atoms with Crippen molar-refractivity contribution in [1.82, 2.24) is 20.6 Å². The van der Waals surface area contributed by atoms with Crippen LogP contribution >= 0.6 is 46.4 Å². The number of aliphatic carboxylic acids is 2. The minimum atomic E-state index is -1.66. The number of aromatic nitrogens is 2. The second kappa shape index (κ2) is 23.1. The molecule has 6 N–H and O–H groups in total. The van der Waals surface area contributed by atoms with Crippen molar-refractivity contribution in [3.63, 3.8) is 0 Å². The van der Waals surface area contributed by atoms with Gasteiger partial charge < -0.3 is 39.4 Å². The molecule has 368 valence electrons. The number of hydrogen-bond donors (Lipinski definition) is 6. The van der Waals surface area contributed by atoms with E-state index in [1.54, 1.807) is 67.1 Å². The van der Waals surface area contributed by atoms with Crippen LogP contribution < -0.4 is 29.6 Å². The summed E-state index contributed by atoms with van der Waals surface area (Å²) in [7, 11) is 0. The van der Waals surface area contributed by atoms with E-state index in [1.165, 1.54) is 20.0 Å². The number of nitrogens with one attached hydrogen (secondary N) is 2. The highest BCUT2D eigenvalue weighted by molar-refractivity contribution is 6.37. The zero-order chi connectivity index (χ0) is 50.9. The maximum Gasteiger partial charge on any atom is 0.326 e. The number of carboxylic acids is 2. The van der Waals surface area contributed by atoms with Crippen LogP contribution in [0.4, 0.5) is 0 Å². The number of carbonyl (C=O) groups is 2. The molecule has 3 unspecified atom stereocenters. The van der Waals surface area contributed by atoms with Crippen molar-refractivity contribution in [2.24, 2.45) is 4.99 Å². The number of pyridine rings is 2. The highest BCUT2D eigenvalue weighted by Gasteiger charge is 2.33. The van der Waals surface area contributed by atoms with Crippen LogP contribution in [0, 0.1) is 11.3 Å². The van der Waals surface area contributed by atoms with Crippen LogP contribution in [0.1, 0.15) is 64.4 Å². The van der Waals surface area contributed by atoms with Crippen molar-refractivity contribution in [2.45, 2.75) is 70.5 Å². The molecule has 0 fully saturated rings. The van der Waals surface area contributed by atoms with Crippen molar-refractivity contribution < 1.29 is 49.0 Å². The zero-order valence-electron chi connectivity index (χ0n) is 38.1. The van der Waals surface area contributed by atoms with Crippen LogP contribution in [0.5, 0.6) is 23.0 Å². The number of rotatable bonds is 24. The lowest BCUT2D eigenvalue weighted by Crippen LogP contribution is -2.52. The van der Waals surface area contributed by atoms with Gasteiger partial charge in [-0.05, 0) is 38.1 Å². The van der Waals surface area contributed by atoms with Gasteiger partial charge in [0.15, 0.2) is 0 Å². The highest BCUT2D eigenvalue weighted by atomic mass is 35.5. The number of hydrogen-bond acceptors (Lipinski definition) is 14. The molecule has 0 amide bonds. The SMILES string of the molecule is CC(CO)(NCc1cc(Cl)c(OCc2cccc(-c3cccc(COc4cc(OCc5cncc(C6C=N6)c5)c(CNC(C)(CO)C(=O)O)cc4Cl)c3Cl)c2Cl)cc1OCc1cncc(C#N)c1)C(=O)O. The molecule has 6 aromatic rings. The van der Waals surface area contributed by atoms with Crippen LogP contribution in [-0.2, 0) is 49.1 Å². The Bertz CT molecular complexity index is 3020. The molecule has 0 bridgehead atoms. The van der Waals surface area contributed by atoms with Gasteiger partial charge in [0.2, 0.25) is 0 Å². The summed E-state index contributed by atoms with van der Waals surface area (Å²) in [5.74, 6) is -1.36. The summed E-state index contributed by atoms with van der Waals surface area (Å²) < 4.78 is 24.9. The number of halogens is 4.